The Balaban J connectivity index is 2.46. The van der Waals surface area contributed by atoms with Crippen molar-refractivity contribution in [2.45, 2.75) is 52.7 Å². The molecule has 116 valence electrons. The Morgan fingerprint density at radius 1 is 1.38 bits per heavy atom. The topological polar surface area (TPSA) is 41.6 Å². The maximum absolute atomic E-state index is 12.5. The lowest BCUT2D eigenvalue weighted by Crippen LogP contribution is -2.52. The second-order valence-electron chi connectivity index (χ2n) is 7.19. The molecule has 1 aliphatic rings. The van der Waals surface area contributed by atoms with Crippen molar-refractivity contribution in [3.8, 4) is 0 Å². The predicted molar refractivity (Wildman–Crippen MR) is 90.2 cm³/mol. The van der Waals surface area contributed by atoms with Gasteiger partial charge < -0.3 is 10.1 Å². The Morgan fingerprint density at radius 3 is 2.57 bits per heavy atom. The van der Waals surface area contributed by atoms with Gasteiger partial charge >= 0.3 is 6.09 Å². The lowest BCUT2D eigenvalue weighted by Gasteiger charge is -2.41. The second kappa shape index (κ2) is 5.20. The van der Waals surface area contributed by atoms with Crippen LogP contribution in [0.1, 0.15) is 40.2 Å². The third-order valence-electron chi connectivity index (χ3n) is 3.20. The van der Waals surface area contributed by atoms with Gasteiger partial charge in [0.25, 0.3) is 0 Å². The molecule has 0 aromatic heterocycles. The van der Waals surface area contributed by atoms with E-state index in [1.807, 2.05) is 39.8 Å². The number of benzene rings is 1. The average molecular weight is 355 g/mol. The fraction of sp³-hybridized carbons (Fsp3) is 0.562. The van der Waals surface area contributed by atoms with E-state index in [4.69, 9.17) is 4.74 Å². The summed E-state index contributed by atoms with van der Waals surface area (Å²) >= 11 is 3.50. The number of carbonyl (C=O) groups excluding carboxylic acids is 1. The number of hydrogen-bond donors (Lipinski definition) is 1. The summed E-state index contributed by atoms with van der Waals surface area (Å²) in [4.78, 5) is 14.3. The monoisotopic (exact) mass is 354 g/mol. The molecular weight excluding hydrogens is 332 g/mol. The highest BCUT2D eigenvalue weighted by atomic mass is 79.9. The third kappa shape index (κ3) is 3.70. The minimum Gasteiger partial charge on any atom is -0.443 e. The Kier molecular flexibility index (Phi) is 4.00. The Labute approximate surface area is 135 Å². The molecule has 1 aromatic rings. The molecule has 0 unspecified atom stereocenters. The lowest BCUT2D eigenvalue weighted by atomic mass is 9.98. The van der Waals surface area contributed by atoms with Crippen molar-refractivity contribution in [1.82, 2.24) is 0 Å². The Bertz CT molecular complexity index is 576. The van der Waals surface area contributed by atoms with Crippen LogP contribution in [0.3, 0.4) is 0 Å². The summed E-state index contributed by atoms with van der Waals surface area (Å²) < 4.78 is 6.50. The van der Waals surface area contributed by atoms with Crippen LogP contribution in [0.2, 0.25) is 0 Å². The van der Waals surface area contributed by atoms with E-state index in [0.717, 1.165) is 21.4 Å². The smallest absolute Gasteiger partial charge is 0.414 e. The van der Waals surface area contributed by atoms with Crippen LogP contribution in [0.25, 0.3) is 0 Å². The normalized spacial score (nSPS) is 17.0. The molecule has 0 saturated heterocycles. The van der Waals surface area contributed by atoms with E-state index in [0.29, 0.717) is 6.54 Å². The van der Waals surface area contributed by atoms with Gasteiger partial charge in [-0.15, -0.1) is 0 Å². The first-order chi connectivity index (χ1) is 9.48. The molecule has 1 heterocycles. The summed E-state index contributed by atoms with van der Waals surface area (Å²) in [6.45, 7) is 12.4. The zero-order valence-corrected chi connectivity index (χ0v) is 15.1. The second-order valence-corrected chi connectivity index (χ2v) is 8.11. The van der Waals surface area contributed by atoms with Gasteiger partial charge in [0.05, 0.1) is 17.9 Å². The lowest BCUT2D eigenvalue weighted by molar-refractivity contribution is 0.0573. The van der Waals surface area contributed by atoms with E-state index in [9.17, 15) is 4.79 Å². The number of nitrogens with one attached hydrogen (secondary N) is 1. The number of carbonyl (C=O) groups is 1. The van der Waals surface area contributed by atoms with Gasteiger partial charge in [0.2, 0.25) is 0 Å². The molecule has 5 heteroatoms. The fourth-order valence-electron chi connectivity index (χ4n) is 2.44. The summed E-state index contributed by atoms with van der Waals surface area (Å²) in [6.07, 6.45) is -0.309. The molecule has 1 N–H and O–H groups in total. The van der Waals surface area contributed by atoms with Gasteiger partial charge in [-0.25, -0.2) is 4.79 Å². The van der Waals surface area contributed by atoms with Crippen LogP contribution in [-0.2, 0) is 4.74 Å². The number of ether oxygens (including phenoxy) is 1. The van der Waals surface area contributed by atoms with Crippen LogP contribution >= 0.6 is 15.9 Å². The quantitative estimate of drug-likeness (QED) is 0.733. The molecule has 1 amide bonds. The van der Waals surface area contributed by atoms with Crippen molar-refractivity contribution in [3.05, 3.63) is 22.2 Å². The van der Waals surface area contributed by atoms with Crippen LogP contribution in [0, 0.1) is 6.92 Å². The maximum Gasteiger partial charge on any atom is 0.414 e. The molecule has 0 radical (unpaired) electrons. The van der Waals surface area contributed by atoms with Crippen molar-refractivity contribution < 1.29 is 9.53 Å². The van der Waals surface area contributed by atoms with Gasteiger partial charge in [0.1, 0.15) is 5.60 Å². The first-order valence-electron chi connectivity index (χ1n) is 7.07. The van der Waals surface area contributed by atoms with Gasteiger partial charge in [0.15, 0.2) is 0 Å². The van der Waals surface area contributed by atoms with E-state index in [1.165, 1.54) is 0 Å². The van der Waals surface area contributed by atoms with Crippen LogP contribution < -0.4 is 10.2 Å². The number of halogens is 1. The summed E-state index contributed by atoms with van der Waals surface area (Å²) in [5, 5.41) is 3.51. The molecule has 0 bridgehead atoms. The zero-order valence-electron chi connectivity index (χ0n) is 13.5. The Hall–Kier alpha value is -1.23. The Morgan fingerprint density at radius 2 is 2.00 bits per heavy atom. The summed E-state index contributed by atoms with van der Waals surface area (Å²) in [7, 11) is 0. The minimum absolute atomic E-state index is 0.206. The third-order valence-corrected chi connectivity index (χ3v) is 3.66. The standard InChI is InChI=1S/C16H23BrN2O2/c1-10-7-11(17)8-12-13(10)18-16(5,6)9-19(12)14(20)21-15(2,3)4/h7-8,18H,9H2,1-6H3. The highest BCUT2D eigenvalue weighted by molar-refractivity contribution is 9.10. The highest BCUT2D eigenvalue weighted by Crippen LogP contribution is 2.39. The molecule has 2 rings (SSSR count). The van der Waals surface area contributed by atoms with E-state index in [2.05, 4.69) is 35.1 Å². The molecule has 0 atom stereocenters. The number of rotatable bonds is 0. The predicted octanol–water partition coefficient (Wildman–Crippen LogP) is 4.70. The van der Waals surface area contributed by atoms with Crippen molar-refractivity contribution in [1.29, 1.82) is 0 Å². The van der Waals surface area contributed by atoms with Gasteiger partial charge in [-0.2, -0.15) is 0 Å². The number of nitrogens with zero attached hydrogens (tertiary/aromatic N) is 1. The summed E-state index contributed by atoms with van der Waals surface area (Å²) in [5.74, 6) is 0. The number of anilines is 2. The van der Waals surface area contributed by atoms with E-state index >= 15 is 0 Å². The molecule has 21 heavy (non-hydrogen) atoms. The maximum atomic E-state index is 12.5. The highest BCUT2D eigenvalue weighted by Gasteiger charge is 2.36. The van der Waals surface area contributed by atoms with Gasteiger partial charge in [-0.05, 0) is 59.2 Å². The van der Waals surface area contributed by atoms with Gasteiger partial charge in [-0.3, -0.25) is 4.90 Å². The van der Waals surface area contributed by atoms with Crippen molar-refractivity contribution in [2.24, 2.45) is 0 Å². The molecule has 4 nitrogen and oxygen atoms in total. The molecule has 0 spiro atoms. The van der Waals surface area contributed by atoms with Crippen molar-refractivity contribution in [3.63, 3.8) is 0 Å². The summed E-state index contributed by atoms with van der Waals surface area (Å²) in [5.41, 5.74) is 2.23. The van der Waals surface area contributed by atoms with E-state index < -0.39 is 5.60 Å². The molecule has 1 aromatic carbocycles. The van der Waals surface area contributed by atoms with E-state index in [-0.39, 0.29) is 11.6 Å². The molecule has 0 aliphatic carbocycles. The van der Waals surface area contributed by atoms with Crippen LogP contribution in [-0.4, -0.2) is 23.8 Å². The number of fused-ring (bicyclic) bond motifs is 1. The molecule has 1 aliphatic heterocycles. The van der Waals surface area contributed by atoms with E-state index in [1.54, 1.807) is 4.90 Å². The largest absolute Gasteiger partial charge is 0.443 e. The number of amides is 1. The average Bonchev–Trinajstić information content (AvgIpc) is 2.26. The molecule has 0 fully saturated rings. The van der Waals surface area contributed by atoms with Crippen LogP contribution in [0.15, 0.2) is 16.6 Å². The number of hydrogen-bond acceptors (Lipinski definition) is 3. The van der Waals surface area contributed by atoms with Crippen LogP contribution in [0.4, 0.5) is 16.2 Å². The first-order valence-corrected chi connectivity index (χ1v) is 7.87. The minimum atomic E-state index is -0.507. The van der Waals surface area contributed by atoms with Gasteiger partial charge in [0, 0.05) is 10.0 Å². The first kappa shape index (κ1) is 16.1. The van der Waals surface area contributed by atoms with Crippen molar-refractivity contribution >= 4 is 33.4 Å². The summed E-state index contributed by atoms with van der Waals surface area (Å²) in [6, 6.07) is 4.00. The van der Waals surface area contributed by atoms with Crippen LogP contribution in [0.5, 0.6) is 0 Å². The zero-order chi connectivity index (χ0) is 16.0. The fourth-order valence-corrected chi connectivity index (χ4v) is 3.00. The molecule has 0 saturated carbocycles. The molecular formula is C16H23BrN2O2. The number of aryl methyl sites for hydroxylation is 1. The van der Waals surface area contributed by atoms with Gasteiger partial charge in [-0.1, -0.05) is 15.9 Å². The van der Waals surface area contributed by atoms with Crippen molar-refractivity contribution in [2.75, 3.05) is 16.8 Å². The SMILES string of the molecule is Cc1cc(Br)cc2c1NC(C)(C)CN2C(=O)OC(C)(C)C.